The molecule has 0 radical (unpaired) electrons. The molecule has 6 heteroatoms. The van der Waals surface area contributed by atoms with Crippen molar-refractivity contribution < 1.29 is 4.79 Å². The summed E-state index contributed by atoms with van der Waals surface area (Å²) in [5.41, 5.74) is 0.212. The van der Waals surface area contributed by atoms with Crippen LogP contribution in [0.5, 0.6) is 0 Å². The van der Waals surface area contributed by atoms with Gasteiger partial charge in [0.2, 0.25) is 0 Å². The third-order valence-corrected chi connectivity index (χ3v) is 4.77. The highest BCUT2D eigenvalue weighted by Gasteiger charge is 2.29. The van der Waals surface area contributed by atoms with Gasteiger partial charge < -0.3 is 5.32 Å². The molecule has 1 aromatic heterocycles. The van der Waals surface area contributed by atoms with Crippen molar-refractivity contribution in [3.8, 4) is 0 Å². The molecule has 0 saturated carbocycles. The second-order valence-electron chi connectivity index (χ2n) is 4.00. The molecule has 0 atom stereocenters. The largest absolute Gasteiger partial charge is 0.343 e. The first-order valence-corrected chi connectivity index (χ1v) is 7.25. The van der Waals surface area contributed by atoms with Crippen molar-refractivity contribution in [1.82, 2.24) is 10.3 Å². The van der Waals surface area contributed by atoms with Gasteiger partial charge >= 0.3 is 0 Å². The van der Waals surface area contributed by atoms with E-state index >= 15 is 0 Å². The summed E-state index contributed by atoms with van der Waals surface area (Å²) in [5.74, 6) is 0.460. The molecule has 0 aliphatic rings. The van der Waals surface area contributed by atoms with Crippen LogP contribution in [0.25, 0.3) is 0 Å². The SMILES string of the molecule is CCC(CCl)(CCl)NC(=O)c1sc(C)nc1C. The van der Waals surface area contributed by atoms with Gasteiger partial charge in [0.1, 0.15) is 4.88 Å². The van der Waals surface area contributed by atoms with Crippen molar-refractivity contribution in [3.05, 3.63) is 15.6 Å². The molecule has 17 heavy (non-hydrogen) atoms. The summed E-state index contributed by atoms with van der Waals surface area (Å²) >= 11 is 13.2. The number of hydrogen-bond acceptors (Lipinski definition) is 3. The fourth-order valence-electron chi connectivity index (χ4n) is 1.42. The van der Waals surface area contributed by atoms with E-state index in [0.29, 0.717) is 23.1 Å². The zero-order valence-corrected chi connectivity index (χ0v) is 12.5. The lowest BCUT2D eigenvalue weighted by molar-refractivity contribution is 0.0917. The Morgan fingerprint density at radius 3 is 2.35 bits per heavy atom. The lowest BCUT2D eigenvalue weighted by atomic mass is 10.0. The van der Waals surface area contributed by atoms with Gasteiger partial charge in [0, 0.05) is 11.8 Å². The number of halogens is 2. The number of carbonyl (C=O) groups excluding carboxylic acids is 1. The first kappa shape index (κ1) is 14.7. The molecule has 0 fully saturated rings. The number of nitrogens with one attached hydrogen (secondary N) is 1. The highest BCUT2D eigenvalue weighted by Crippen LogP contribution is 2.20. The van der Waals surface area contributed by atoms with Crippen molar-refractivity contribution in [3.63, 3.8) is 0 Å². The minimum absolute atomic E-state index is 0.142. The maximum atomic E-state index is 12.1. The van der Waals surface area contributed by atoms with Crippen molar-refractivity contribution in [2.45, 2.75) is 32.7 Å². The van der Waals surface area contributed by atoms with Crippen LogP contribution in [0, 0.1) is 13.8 Å². The molecule has 0 saturated heterocycles. The van der Waals surface area contributed by atoms with Crippen LogP contribution in [-0.4, -0.2) is 28.2 Å². The molecule has 0 aliphatic heterocycles. The quantitative estimate of drug-likeness (QED) is 0.848. The highest BCUT2D eigenvalue weighted by molar-refractivity contribution is 7.13. The summed E-state index contributed by atoms with van der Waals surface area (Å²) in [4.78, 5) is 17.0. The van der Waals surface area contributed by atoms with E-state index in [1.807, 2.05) is 20.8 Å². The molecular weight excluding hydrogens is 279 g/mol. The zero-order valence-electron chi connectivity index (χ0n) is 10.1. The molecule has 0 unspecified atom stereocenters. The van der Waals surface area contributed by atoms with Crippen LogP contribution in [-0.2, 0) is 0 Å². The van der Waals surface area contributed by atoms with Gasteiger partial charge in [-0.15, -0.1) is 34.5 Å². The van der Waals surface area contributed by atoms with E-state index in [1.165, 1.54) is 11.3 Å². The lowest BCUT2D eigenvalue weighted by Gasteiger charge is -2.29. The summed E-state index contributed by atoms with van der Waals surface area (Å²) in [5, 5.41) is 3.80. The third kappa shape index (κ3) is 3.33. The Labute approximate surface area is 116 Å². The number of aromatic nitrogens is 1. The van der Waals surface area contributed by atoms with E-state index in [0.717, 1.165) is 10.7 Å². The van der Waals surface area contributed by atoms with E-state index in [4.69, 9.17) is 23.2 Å². The van der Waals surface area contributed by atoms with Gasteiger partial charge in [-0.25, -0.2) is 4.98 Å². The zero-order chi connectivity index (χ0) is 13.1. The normalized spacial score (nSPS) is 11.6. The Bertz CT molecular complexity index is 394. The van der Waals surface area contributed by atoms with Gasteiger partial charge in [-0.05, 0) is 20.3 Å². The standard InChI is InChI=1S/C11H16Cl2N2OS/c1-4-11(5-12,6-13)15-10(16)9-7(2)14-8(3)17-9/h4-6H2,1-3H3,(H,15,16). The maximum Gasteiger partial charge on any atom is 0.263 e. The van der Waals surface area contributed by atoms with Crippen LogP contribution in [0.4, 0.5) is 0 Å². The van der Waals surface area contributed by atoms with Gasteiger partial charge in [-0.1, -0.05) is 6.92 Å². The van der Waals surface area contributed by atoms with E-state index in [9.17, 15) is 4.79 Å². The van der Waals surface area contributed by atoms with Crippen LogP contribution in [0.1, 0.15) is 33.7 Å². The fourth-order valence-corrected chi connectivity index (χ4v) is 3.03. The van der Waals surface area contributed by atoms with E-state index in [-0.39, 0.29) is 5.91 Å². The fraction of sp³-hybridized carbons (Fsp3) is 0.636. The minimum Gasteiger partial charge on any atom is -0.343 e. The Morgan fingerprint density at radius 1 is 1.41 bits per heavy atom. The van der Waals surface area contributed by atoms with Gasteiger partial charge in [0.05, 0.1) is 16.2 Å². The summed E-state index contributed by atoms with van der Waals surface area (Å²) in [6.45, 7) is 5.66. The molecule has 1 rings (SSSR count). The number of aryl methyl sites for hydroxylation is 2. The van der Waals surface area contributed by atoms with Crippen LogP contribution in [0.2, 0.25) is 0 Å². The topological polar surface area (TPSA) is 42.0 Å². The second kappa shape index (κ2) is 6.03. The van der Waals surface area contributed by atoms with Crippen LogP contribution in [0.3, 0.4) is 0 Å². The number of hydrogen-bond donors (Lipinski definition) is 1. The average Bonchev–Trinajstić information content (AvgIpc) is 2.65. The number of amides is 1. The smallest absolute Gasteiger partial charge is 0.263 e. The van der Waals surface area contributed by atoms with Crippen LogP contribution >= 0.6 is 34.5 Å². The molecule has 96 valence electrons. The summed E-state index contributed by atoms with van der Waals surface area (Å²) in [6.07, 6.45) is 0.697. The van der Waals surface area contributed by atoms with Crippen LogP contribution in [0.15, 0.2) is 0 Å². The molecule has 1 amide bonds. The molecule has 0 spiro atoms. The van der Waals surface area contributed by atoms with Gasteiger partial charge in [-0.3, -0.25) is 4.79 Å². The van der Waals surface area contributed by atoms with E-state index in [2.05, 4.69) is 10.3 Å². The maximum absolute atomic E-state index is 12.1. The summed E-state index contributed by atoms with van der Waals surface area (Å²) in [7, 11) is 0. The van der Waals surface area contributed by atoms with Crippen molar-refractivity contribution in [1.29, 1.82) is 0 Å². The monoisotopic (exact) mass is 294 g/mol. The Morgan fingerprint density at radius 2 is 2.00 bits per heavy atom. The van der Waals surface area contributed by atoms with E-state index < -0.39 is 5.54 Å². The first-order valence-electron chi connectivity index (χ1n) is 5.36. The number of thiazole rings is 1. The molecule has 0 aliphatic carbocycles. The molecule has 1 aromatic rings. The summed E-state index contributed by atoms with van der Waals surface area (Å²) < 4.78 is 0. The predicted molar refractivity (Wildman–Crippen MR) is 73.5 cm³/mol. The predicted octanol–water partition coefficient (Wildman–Crippen LogP) is 3.12. The Kier molecular flexibility index (Phi) is 5.22. The summed E-state index contributed by atoms with van der Waals surface area (Å²) in [6, 6.07) is 0. The van der Waals surface area contributed by atoms with Gasteiger partial charge in [0.15, 0.2) is 0 Å². The van der Waals surface area contributed by atoms with Crippen LogP contribution < -0.4 is 5.32 Å². The lowest BCUT2D eigenvalue weighted by Crippen LogP contribution is -2.51. The Hall–Kier alpha value is -0.320. The number of rotatable bonds is 5. The number of nitrogens with zero attached hydrogens (tertiary/aromatic N) is 1. The molecule has 1 heterocycles. The molecular formula is C11H16Cl2N2OS. The van der Waals surface area contributed by atoms with Crippen molar-refractivity contribution >= 4 is 40.4 Å². The minimum atomic E-state index is -0.537. The van der Waals surface area contributed by atoms with Crippen molar-refractivity contribution in [2.75, 3.05) is 11.8 Å². The average molecular weight is 295 g/mol. The number of carbonyl (C=O) groups is 1. The van der Waals surface area contributed by atoms with Gasteiger partial charge in [0.25, 0.3) is 5.91 Å². The van der Waals surface area contributed by atoms with Crippen molar-refractivity contribution in [2.24, 2.45) is 0 Å². The third-order valence-electron chi connectivity index (χ3n) is 2.68. The number of alkyl halides is 2. The Balaban J connectivity index is 2.88. The highest BCUT2D eigenvalue weighted by atomic mass is 35.5. The van der Waals surface area contributed by atoms with E-state index in [1.54, 1.807) is 0 Å². The van der Waals surface area contributed by atoms with Gasteiger partial charge in [-0.2, -0.15) is 0 Å². The molecule has 0 aromatic carbocycles. The molecule has 0 bridgehead atoms. The second-order valence-corrected chi connectivity index (χ2v) is 5.74. The molecule has 3 nitrogen and oxygen atoms in total. The molecule has 1 N–H and O–H groups in total. The first-order chi connectivity index (χ1) is 7.98.